The molecule has 0 aliphatic heterocycles. The summed E-state index contributed by atoms with van der Waals surface area (Å²) in [5.41, 5.74) is 3.12. The van der Waals surface area contributed by atoms with Gasteiger partial charge in [-0.25, -0.2) is 0 Å². The maximum Gasteiger partial charge on any atom is 0.231 e. The first-order chi connectivity index (χ1) is 10.7. The van der Waals surface area contributed by atoms with Crippen molar-refractivity contribution in [2.75, 3.05) is 12.4 Å². The van der Waals surface area contributed by atoms with E-state index in [-0.39, 0.29) is 11.8 Å². The van der Waals surface area contributed by atoms with Crippen LogP contribution in [0, 0.1) is 0 Å². The lowest BCUT2D eigenvalue weighted by molar-refractivity contribution is -0.117. The number of hydrogen-bond donors (Lipinski definition) is 1. The fourth-order valence-electron chi connectivity index (χ4n) is 3.00. The van der Waals surface area contributed by atoms with E-state index in [0.29, 0.717) is 16.5 Å². The van der Waals surface area contributed by atoms with Crippen molar-refractivity contribution >= 4 is 23.2 Å². The number of carbonyl (C=O) groups excluding carboxylic acids is 1. The number of benzene rings is 2. The standard InChI is InChI=1S/C18H18ClNO2/c1-22-17-10-9-13(11-16(17)19)20-18(21)15-8-4-6-12-5-2-3-7-14(12)15/h2-3,5,7,9-11,15H,4,6,8H2,1H3,(H,20,21)/t15-/m1/s1. The van der Waals surface area contributed by atoms with Gasteiger partial charge in [0.1, 0.15) is 5.75 Å². The van der Waals surface area contributed by atoms with Crippen molar-refractivity contribution in [1.29, 1.82) is 0 Å². The van der Waals surface area contributed by atoms with E-state index in [2.05, 4.69) is 17.4 Å². The fourth-order valence-corrected chi connectivity index (χ4v) is 3.26. The molecule has 2 aromatic rings. The van der Waals surface area contributed by atoms with Crippen molar-refractivity contribution in [1.82, 2.24) is 0 Å². The second kappa shape index (κ2) is 6.41. The van der Waals surface area contributed by atoms with E-state index in [1.165, 1.54) is 5.56 Å². The zero-order chi connectivity index (χ0) is 15.5. The number of fused-ring (bicyclic) bond motifs is 1. The van der Waals surface area contributed by atoms with Crippen molar-refractivity contribution in [3.63, 3.8) is 0 Å². The van der Waals surface area contributed by atoms with Crippen LogP contribution in [0.1, 0.15) is 29.9 Å². The second-order valence-electron chi connectivity index (χ2n) is 5.48. The van der Waals surface area contributed by atoms with Gasteiger partial charge in [-0.15, -0.1) is 0 Å². The molecule has 0 fully saturated rings. The van der Waals surface area contributed by atoms with Gasteiger partial charge in [-0.1, -0.05) is 35.9 Å². The van der Waals surface area contributed by atoms with Crippen LogP contribution in [0.5, 0.6) is 5.75 Å². The molecule has 0 bridgehead atoms. The summed E-state index contributed by atoms with van der Waals surface area (Å²) < 4.78 is 5.12. The number of carbonyl (C=O) groups is 1. The molecule has 0 heterocycles. The predicted molar refractivity (Wildman–Crippen MR) is 88.8 cm³/mol. The molecule has 1 aliphatic carbocycles. The van der Waals surface area contributed by atoms with Gasteiger partial charge in [-0.2, -0.15) is 0 Å². The van der Waals surface area contributed by atoms with E-state index in [4.69, 9.17) is 16.3 Å². The highest BCUT2D eigenvalue weighted by molar-refractivity contribution is 6.32. The molecule has 22 heavy (non-hydrogen) atoms. The summed E-state index contributed by atoms with van der Waals surface area (Å²) in [6.07, 6.45) is 2.97. The summed E-state index contributed by atoms with van der Waals surface area (Å²) in [5, 5.41) is 3.46. The molecule has 1 atom stereocenters. The third-order valence-electron chi connectivity index (χ3n) is 4.11. The number of halogens is 1. The van der Waals surface area contributed by atoms with Gasteiger partial charge in [0.05, 0.1) is 18.1 Å². The quantitative estimate of drug-likeness (QED) is 0.911. The molecule has 0 saturated heterocycles. The third-order valence-corrected chi connectivity index (χ3v) is 4.40. The number of hydrogen-bond acceptors (Lipinski definition) is 2. The average molecular weight is 316 g/mol. The summed E-state index contributed by atoms with van der Waals surface area (Å²) >= 11 is 6.10. The SMILES string of the molecule is COc1ccc(NC(=O)[C@@H]2CCCc3ccccc32)cc1Cl. The third kappa shape index (κ3) is 2.95. The molecule has 3 nitrogen and oxygen atoms in total. The Morgan fingerprint density at radius 3 is 2.86 bits per heavy atom. The molecule has 2 aromatic carbocycles. The molecule has 4 heteroatoms. The molecule has 1 N–H and O–H groups in total. The maximum atomic E-state index is 12.6. The van der Waals surface area contributed by atoms with E-state index in [9.17, 15) is 4.79 Å². The van der Waals surface area contributed by atoms with E-state index < -0.39 is 0 Å². The highest BCUT2D eigenvalue weighted by Gasteiger charge is 2.26. The van der Waals surface area contributed by atoms with E-state index in [1.807, 2.05) is 12.1 Å². The minimum atomic E-state index is -0.0918. The van der Waals surface area contributed by atoms with Crippen LogP contribution in [0.3, 0.4) is 0 Å². The van der Waals surface area contributed by atoms with Crippen molar-refractivity contribution < 1.29 is 9.53 Å². The van der Waals surface area contributed by atoms with Crippen LogP contribution < -0.4 is 10.1 Å². The van der Waals surface area contributed by atoms with Crippen LogP contribution in [0.4, 0.5) is 5.69 Å². The molecule has 0 radical (unpaired) electrons. The highest BCUT2D eigenvalue weighted by atomic mass is 35.5. The van der Waals surface area contributed by atoms with Gasteiger partial charge in [0.2, 0.25) is 5.91 Å². The Balaban J connectivity index is 1.79. The predicted octanol–water partition coefficient (Wildman–Crippen LogP) is 4.41. The van der Waals surface area contributed by atoms with Gasteiger partial charge in [0.15, 0.2) is 0 Å². The summed E-state index contributed by atoms with van der Waals surface area (Å²) in [7, 11) is 1.57. The first-order valence-electron chi connectivity index (χ1n) is 7.41. The maximum absolute atomic E-state index is 12.6. The fraction of sp³-hybridized carbons (Fsp3) is 0.278. The van der Waals surface area contributed by atoms with Crippen LogP contribution in [0.15, 0.2) is 42.5 Å². The molecule has 0 aromatic heterocycles. The van der Waals surface area contributed by atoms with Crippen molar-refractivity contribution in [3.8, 4) is 5.75 Å². The molecule has 3 rings (SSSR count). The van der Waals surface area contributed by atoms with Crippen molar-refractivity contribution in [3.05, 3.63) is 58.6 Å². The Labute approximate surface area is 135 Å². The summed E-state index contributed by atoms with van der Waals surface area (Å²) in [6, 6.07) is 13.5. The normalized spacial score (nSPS) is 16.7. The number of anilines is 1. The minimum absolute atomic E-state index is 0.0217. The largest absolute Gasteiger partial charge is 0.495 e. The van der Waals surface area contributed by atoms with Gasteiger partial charge in [0, 0.05) is 5.69 Å². The number of amides is 1. The number of nitrogens with one attached hydrogen (secondary N) is 1. The Morgan fingerprint density at radius 2 is 2.09 bits per heavy atom. The number of rotatable bonds is 3. The number of methoxy groups -OCH3 is 1. The van der Waals surface area contributed by atoms with Gasteiger partial charge in [-0.3, -0.25) is 4.79 Å². The molecule has 114 valence electrons. The van der Waals surface area contributed by atoms with Gasteiger partial charge < -0.3 is 10.1 Å². The van der Waals surface area contributed by atoms with E-state index in [0.717, 1.165) is 24.8 Å². The second-order valence-corrected chi connectivity index (χ2v) is 5.89. The van der Waals surface area contributed by atoms with Gasteiger partial charge >= 0.3 is 0 Å². The van der Waals surface area contributed by atoms with Crippen molar-refractivity contribution in [2.45, 2.75) is 25.2 Å². The van der Waals surface area contributed by atoms with Crippen LogP contribution in [0.25, 0.3) is 0 Å². The molecule has 0 unspecified atom stereocenters. The van der Waals surface area contributed by atoms with E-state index in [1.54, 1.807) is 25.3 Å². The first kappa shape index (κ1) is 14.9. The van der Waals surface area contributed by atoms with E-state index >= 15 is 0 Å². The smallest absolute Gasteiger partial charge is 0.231 e. The molecular weight excluding hydrogens is 298 g/mol. The molecule has 0 spiro atoms. The van der Waals surface area contributed by atoms with Gasteiger partial charge in [-0.05, 0) is 48.6 Å². The van der Waals surface area contributed by atoms with Crippen LogP contribution in [-0.4, -0.2) is 13.0 Å². The molecule has 1 aliphatic rings. The Hall–Kier alpha value is -2.00. The Bertz CT molecular complexity index is 699. The van der Waals surface area contributed by atoms with Crippen LogP contribution in [0.2, 0.25) is 5.02 Å². The average Bonchev–Trinajstić information content (AvgIpc) is 2.54. The summed E-state index contributed by atoms with van der Waals surface area (Å²) in [4.78, 5) is 12.6. The monoisotopic (exact) mass is 315 g/mol. The lowest BCUT2D eigenvalue weighted by Gasteiger charge is -2.24. The minimum Gasteiger partial charge on any atom is -0.495 e. The number of ether oxygens (including phenoxy) is 1. The summed E-state index contributed by atoms with van der Waals surface area (Å²) in [6.45, 7) is 0. The zero-order valence-electron chi connectivity index (χ0n) is 12.4. The topological polar surface area (TPSA) is 38.3 Å². The number of aryl methyl sites for hydroxylation is 1. The molecule has 1 amide bonds. The van der Waals surface area contributed by atoms with Crippen LogP contribution in [-0.2, 0) is 11.2 Å². The molecule has 0 saturated carbocycles. The van der Waals surface area contributed by atoms with Crippen LogP contribution >= 0.6 is 11.6 Å². The van der Waals surface area contributed by atoms with Gasteiger partial charge in [0.25, 0.3) is 0 Å². The Morgan fingerprint density at radius 1 is 1.27 bits per heavy atom. The lowest BCUT2D eigenvalue weighted by atomic mass is 9.82. The first-order valence-corrected chi connectivity index (χ1v) is 7.79. The highest BCUT2D eigenvalue weighted by Crippen LogP contribution is 2.33. The molecular formula is C18H18ClNO2. The summed E-state index contributed by atoms with van der Waals surface area (Å²) in [5.74, 6) is 0.530. The Kier molecular flexibility index (Phi) is 4.34. The zero-order valence-corrected chi connectivity index (χ0v) is 13.2. The van der Waals surface area contributed by atoms with Crippen molar-refractivity contribution in [2.24, 2.45) is 0 Å². The lowest BCUT2D eigenvalue weighted by Crippen LogP contribution is -2.24.